The predicted molar refractivity (Wildman–Crippen MR) is 101 cm³/mol. The van der Waals surface area contributed by atoms with Crippen molar-refractivity contribution in [3.05, 3.63) is 42.5 Å². The minimum atomic E-state index is -0.343. The first-order valence-corrected chi connectivity index (χ1v) is 9.47. The number of fused-ring (bicyclic) bond motifs is 2. The van der Waals surface area contributed by atoms with Crippen LogP contribution in [-0.2, 0) is 4.74 Å². The maximum absolute atomic E-state index is 12.3. The van der Waals surface area contributed by atoms with Crippen LogP contribution < -0.4 is 5.32 Å². The lowest BCUT2D eigenvalue weighted by molar-refractivity contribution is 0.0261. The molecular formula is C21H26N2O2. The fourth-order valence-electron chi connectivity index (χ4n) is 4.43. The topological polar surface area (TPSA) is 41.6 Å². The number of rotatable bonds is 3. The van der Waals surface area contributed by atoms with Crippen LogP contribution in [0.1, 0.15) is 32.1 Å². The van der Waals surface area contributed by atoms with E-state index in [0.29, 0.717) is 18.6 Å². The van der Waals surface area contributed by atoms with Gasteiger partial charge in [0.25, 0.3) is 0 Å². The van der Waals surface area contributed by atoms with Gasteiger partial charge in [0.15, 0.2) is 0 Å². The highest BCUT2D eigenvalue weighted by Crippen LogP contribution is 2.31. The van der Waals surface area contributed by atoms with Crippen LogP contribution in [0.2, 0.25) is 0 Å². The number of nitrogens with zero attached hydrogens (tertiary/aromatic N) is 1. The lowest BCUT2D eigenvalue weighted by atomic mass is 9.84. The van der Waals surface area contributed by atoms with Crippen LogP contribution >= 0.6 is 0 Å². The summed E-state index contributed by atoms with van der Waals surface area (Å²) in [6.45, 7) is 2.95. The molecule has 132 valence electrons. The molecule has 2 aliphatic rings. The number of benzene rings is 2. The van der Waals surface area contributed by atoms with E-state index in [1.807, 2.05) is 42.5 Å². The standard InChI is InChI=1S/C21H26N2O2/c24-21(22-19-11-5-8-16-7-1-2-10-18(16)19)25-15-17-9-6-14-23-13-4-3-12-20(17)23/h1-2,5,7-8,10-11,17,20H,3-4,6,9,12-15H2,(H,22,24)/t17?,20-/m1/s1. The maximum Gasteiger partial charge on any atom is 0.411 e. The SMILES string of the molecule is O=C(Nc1cccc2ccccc12)OCC1CCCN2CCCC[C@H]12. The van der Waals surface area contributed by atoms with Crippen molar-refractivity contribution in [1.29, 1.82) is 0 Å². The van der Waals surface area contributed by atoms with Crippen LogP contribution in [-0.4, -0.2) is 36.7 Å². The number of hydrogen-bond donors (Lipinski definition) is 1. The number of carbonyl (C=O) groups excluding carboxylic acids is 1. The Balaban J connectivity index is 1.37. The molecule has 0 radical (unpaired) electrons. The van der Waals surface area contributed by atoms with Crippen molar-refractivity contribution in [2.24, 2.45) is 5.92 Å². The van der Waals surface area contributed by atoms with Crippen molar-refractivity contribution in [2.45, 2.75) is 38.1 Å². The molecule has 0 bridgehead atoms. The highest BCUT2D eigenvalue weighted by molar-refractivity contribution is 6.00. The predicted octanol–water partition coefficient (Wildman–Crippen LogP) is 4.65. The smallest absolute Gasteiger partial charge is 0.411 e. The third-order valence-electron chi connectivity index (χ3n) is 5.68. The van der Waals surface area contributed by atoms with Gasteiger partial charge in [-0.2, -0.15) is 0 Å². The molecule has 2 atom stereocenters. The Hall–Kier alpha value is -2.07. The van der Waals surface area contributed by atoms with E-state index in [0.717, 1.165) is 16.5 Å². The summed E-state index contributed by atoms with van der Waals surface area (Å²) in [4.78, 5) is 14.9. The molecule has 4 heteroatoms. The van der Waals surface area contributed by atoms with E-state index in [2.05, 4.69) is 10.2 Å². The van der Waals surface area contributed by atoms with Crippen molar-refractivity contribution >= 4 is 22.6 Å². The third kappa shape index (κ3) is 3.64. The number of hydrogen-bond acceptors (Lipinski definition) is 3. The largest absolute Gasteiger partial charge is 0.449 e. The normalized spacial score (nSPS) is 23.8. The average molecular weight is 338 g/mol. The van der Waals surface area contributed by atoms with Gasteiger partial charge in [0, 0.05) is 17.3 Å². The number of carbonyl (C=O) groups is 1. The first-order chi connectivity index (χ1) is 12.3. The van der Waals surface area contributed by atoms with Crippen LogP contribution in [0.25, 0.3) is 10.8 Å². The molecule has 2 heterocycles. The van der Waals surface area contributed by atoms with Gasteiger partial charge < -0.3 is 4.74 Å². The second kappa shape index (κ2) is 7.44. The molecule has 0 spiro atoms. The highest BCUT2D eigenvalue weighted by atomic mass is 16.5. The minimum absolute atomic E-state index is 0.343. The van der Waals surface area contributed by atoms with Gasteiger partial charge in [-0.05, 0) is 50.2 Å². The van der Waals surface area contributed by atoms with E-state index in [4.69, 9.17) is 4.74 Å². The van der Waals surface area contributed by atoms with Crippen molar-refractivity contribution in [3.8, 4) is 0 Å². The second-order valence-corrected chi connectivity index (χ2v) is 7.25. The molecule has 1 amide bonds. The molecule has 4 nitrogen and oxygen atoms in total. The molecule has 25 heavy (non-hydrogen) atoms. The molecule has 2 aromatic carbocycles. The van der Waals surface area contributed by atoms with Crippen molar-refractivity contribution in [3.63, 3.8) is 0 Å². The van der Waals surface area contributed by atoms with Crippen LogP contribution in [0.15, 0.2) is 42.5 Å². The van der Waals surface area contributed by atoms with Gasteiger partial charge in [-0.1, -0.05) is 42.8 Å². The van der Waals surface area contributed by atoms with Gasteiger partial charge in [-0.3, -0.25) is 10.2 Å². The van der Waals surface area contributed by atoms with Gasteiger partial charge >= 0.3 is 6.09 Å². The first kappa shape index (κ1) is 16.4. The van der Waals surface area contributed by atoms with Gasteiger partial charge in [-0.15, -0.1) is 0 Å². The molecule has 1 unspecified atom stereocenters. The zero-order chi connectivity index (χ0) is 17.1. The monoisotopic (exact) mass is 338 g/mol. The molecule has 2 saturated heterocycles. The van der Waals surface area contributed by atoms with Crippen LogP contribution in [0.5, 0.6) is 0 Å². The minimum Gasteiger partial charge on any atom is -0.449 e. The number of anilines is 1. The van der Waals surface area contributed by atoms with Crippen molar-refractivity contribution < 1.29 is 9.53 Å². The van der Waals surface area contributed by atoms with E-state index in [1.165, 1.54) is 45.2 Å². The van der Waals surface area contributed by atoms with Crippen molar-refractivity contribution in [1.82, 2.24) is 4.90 Å². The Morgan fingerprint density at radius 1 is 1.04 bits per heavy atom. The molecule has 2 aliphatic heterocycles. The summed E-state index contributed by atoms with van der Waals surface area (Å²) in [5.41, 5.74) is 0.811. The third-order valence-corrected chi connectivity index (χ3v) is 5.68. The molecule has 0 aliphatic carbocycles. The molecule has 1 N–H and O–H groups in total. The van der Waals surface area contributed by atoms with Gasteiger partial charge in [-0.25, -0.2) is 4.79 Å². The zero-order valence-electron chi connectivity index (χ0n) is 14.6. The van der Waals surface area contributed by atoms with Crippen LogP contribution in [0, 0.1) is 5.92 Å². The molecule has 2 aromatic rings. The molecule has 4 rings (SSSR count). The summed E-state index contributed by atoms with van der Waals surface area (Å²) in [6.07, 6.45) is 5.91. The van der Waals surface area contributed by atoms with Crippen LogP contribution in [0.3, 0.4) is 0 Å². The first-order valence-electron chi connectivity index (χ1n) is 9.47. The van der Waals surface area contributed by atoms with Crippen molar-refractivity contribution in [2.75, 3.05) is 25.0 Å². The number of nitrogens with one attached hydrogen (secondary N) is 1. The van der Waals surface area contributed by atoms with E-state index in [1.54, 1.807) is 0 Å². The number of amides is 1. The lowest BCUT2D eigenvalue weighted by Crippen LogP contribution is -2.49. The number of ether oxygens (including phenoxy) is 1. The average Bonchev–Trinajstić information content (AvgIpc) is 2.66. The van der Waals surface area contributed by atoms with E-state index in [9.17, 15) is 4.79 Å². The fraction of sp³-hybridized carbons (Fsp3) is 0.476. The Morgan fingerprint density at radius 2 is 1.88 bits per heavy atom. The Morgan fingerprint density at radius 3 is 2.84 bits per heavy atom. The number of piperidine rings is 2. The maximum atomic E-state index is 12.3. The van der Waals surface area contributed by atoms with E-state index < -0.39 is 0 Å². The van der Waals surface area contributed by atoms with Gasteiger partial charge in [0.2, 0.25) is 0 Å². The summed E-state index contributed by atoms with van der Waals surface area (Å²) in [5, 5.41) is 5.08. The molecule has 0 aromatic heterocycles. The summed E-state index contributed by atoms with van der Waals surface area (Å²) in [5.74, 6) is 0.479. The van der Waals surface area contributed by atoms with Gasteiger partial charge in [0.1, 0.15) is 0 Å². The lowest BCUT2D eigenvalue weighted by Gasteiger charge is -2.44. The Labute approximate surface area is 149 Å². The fourth-order valence-corrected chi connectivity index (χ4v) is 4.43. The van der Waals surface area contributed by atoms with Crippen LogP contribution in [0.4, 0.5) is 10.5 Å². The van der Waals surface area contributed by atoms with Gasteiger partial charge in [0.05, 0.1) is 12.3 Å². The quantitative estimate of drug-likeness (QED) is 0.885. The summed E-state index contributed by atoms with van der Waals surface area (Å²) in [7, 11) is 0. The molecular weight excluding hydrogens is 312 g/mol. The molecule has 2 fully saturated rings. The van der Waals surface area contributed by atoms with E-state index >= 15 is 0 Å². The summed E-state index contributed by atoms with van der Waals surface area (Å²) < 4.78 is 5.61. The highest BCUT2D eigenvalue weighted by Gasteiger charge is 2.33. The summed E-state index contributed by atoms with van der Waals surface area (Å²) >= 11 is 0. The summed E-state index contributed by atoms with van der Waals surface area (Å²) in [6, 6.07) is 14.6. The Bertz CT molecular complexity index is 738. The van der Waals surface area contributed by atoms with E-state index in [-0.39, 0.29) is 6.09 Å². The second-order valence-electron chi connectivity index (χ2n) is 7.25. The molecule has 0 saturated carbocycles. The Kier molecular flexibility index (Phi) is 4.88. The zero-order valence-corrected chi connectivity index (χ0v) is 14.6.